The maximum atomic E-state index is 4.68. The molecule has 100 valence electrons. The van der Waals surface area contributed by atoms with Gasteiger partial charge < -0.3 is 5.32 Å². The van der Waals surface area contributed by atoms with E-state index in [4.69, 9.17) is 0 Å². The van der Waals surface area contributed by atoms with Crippen LogP contribution in [0.2, 0.25) is 0 Å². The van der Waals surface area contributed by atoms with Crippen molar-refractivity contribution in [2.75, 3.05) is 23.4 Å². The van der Waals surface area contributed by atoms with Crippen molar-refractivity contribution in [2.45, 2.75) is 19.8 Å². The lowest BCUT2D eigenvalue weighted by atomic mass is 10.0. The zero-order valence-electron chi connectivity index (χ0n) is 11.2. The summed E-state index contributed by atoms with van der Waals surface area (Å²) in [4.78, 5) is 9.29. The van der Waals surface area contributed by atoms with Gasteiger partial charge in [0.05, 0.1) is 16.7 Å². The maximum absolute atomic E-state index is 4.68. The molecule has 1 fully saturated rings. The Hall–Kier alpha value is -1.29. The predicted molar refractivity (Wildman–Crippen MR) is 82.8 cm³/mol. The molecule has 1 aliphatic rings. The second-order valence-corrected chi connectivity index (χ2v) is 6.31. The van der Waals surface area contributed by atoms with Crippen LogP contribution in [0.15, 0.2) is 24.3 Å². The molecule has 2 heterocycles. The highest BCUT2D eigenvalue weighted by Gasteiger charge is 2.14. The highest BCUT2D eigenvalue weighted by atomic mass is 32.2. The van der Waals surface area contributed by atoms with Crippen LogP contribution in [0.1, 0.15) is 18.5 Å². The van der Waals surface area contributed by atoms with E-state index in [2.05, 4.69) is 27.0 Å². The number of nitrogens with one attached hydrogen (secondary N) is 1. The van der Waals surface area contributed by atoms with Crippen LogP contribution in [0.4, 0.5) is 5.82 Å². The van der Waals surface area contributed by atoms with Crippen LogP contribution in [-0.2, 0) is 0 Å². The van der Waals surface area contributed by atoms with Crippen molar-refractivity contribution in [1.82, 2.24) is 9.97 Å². The van der Waals surface area contributed by atoms with Gasteiger partial charge in [0, 0.05) is 6.54 Å². The molecule has 0 bridgehead atoms. The second kappa shape index (κ2) is 5.78. The molecule has 1 N–H and O–H groups in total. The van der Waals surface area contributed by atoms with E-state index in [1.807, 2.05) is 31.2 Å². The van der Waals surface area contributed by atoms with E-state index in [-0.39, 0.29) is 0 Å². The smallest absolute Gasteiger partial charge is 0.148 e. The Labute approximate surface area is 118 Å². The molecule has 0 radical (unpaired) electrons. The SMILES string of the molecule is Cc1nc2ccccc2nc1NCC1CCSCC1. The molecule has 0 atom stereocenters. The van der Waals surface area contributed by atoms with Crippen LogP contribution >= 0.6 is 11.8 Å². The third kappa shape index (κ3) is 3.00. The summed E-state index contributed by atoms with van der Waals surface area (Å²) >= 11 is 2.07. The molecule has 0 saturated carbocycles. The summed E-state index contributed by atoms with van der Waals surface area (Å²) in [6.07, 6.45) is 2.63. The van der Waals surface area contributed by atoms with Crippen LogP contribution in [0.5, 0.6) is 0 Å². The van der Waals surface area contributed by atoms with E-state index >= 15 is 0 Å². The molecule has 0 unspecified atom stereocenters. The standard InChI is InChI=1S/C15H19N3S/c1-11-15(16-10-12-6-8-19-9-7-12)18-14-5-3-2-4-13(14)17-11/h2-5,12H,6-10H2,1H3,(H,16,18). The average Bonchev–Trinajstić information content (AvgIpc) is 2.46. The van der Waals surface area contributed by atoms with E-state index < -0.39 is 0 Å². The average molecular weight is 273 g/mol. The van der Waals surface area contributed by atoms with Crippen molar-refractivity contribution in [3.05, 3.63) is 30.0 Å². The molecule has 0 amide bonds. The van der Waals surface area contributed by atoms with Crippen LogP contribution in [0, 0.1) is 12.8 Å². The Bertz CT molecular complexity index is 564. The Balaban J connectivity index is 1.74. The van der Waals surface area contributed by atoms with Crippen molar-refractivity contribution in [3.63, 3.8) is 0 Å². The van der Waals surface area contributed by atoms with Crippen molar-refractivity contribution in [2.24, 2.45) is 5.92 Å². The number of nitrogens with zero attached hydrogens (tertiary/aromatic N) is 2. The number of thioether (sulfide) groups is 1. The van der Waals surface area contributed by atoms with Crippen molar-refractivity contribution >= 4 is 28.6 Å². The highest BCUT2D eigenvalue weighted by Crippen LogP contribution is 2.23. The van der Waals surface area contributed by atoms with Gasteiger partial charge in [0.1, 0.15) is 5.82 Å². The first kappa shape index (κ1) is 12.7. The maximum Gasteiger partial charge on any atom is 0.148 e. The first-order chi connectivity index (χ1) is 9.33. The molecule has 4 heteroatoms. The van der Waals surface area contributed by atoms with E-state index in [0.717, 1.165) is 35.0 Å². The number of rotatable bonds is 3. The zero-order valence-corrected chi connectivity index (χ0v) is 12.0. The number of aromatic nitrogens is 2. The molecule has 1 aromatic carbocycles. The molecular formula is C15H19N3S. The Morgan fingerprint density at radius 1 is 1.16 bits per heavy atom. The number of anilines is 1. The van der Waals surface area contributed by atoms with Crippen molar-refractivity contribution in [3.8, 4) is 0 Å². The molecule has 1 saturated heterocycles. The molecule has 0 spiro atoms. The lowest BCUT2D eigenvalue weighted by Gasteiger charge is -2.22. The van der Waals surface area contributed by atoms with Crippen LogP contribution in [0.3, 0.4) is 0 Å². The fourth-order valence-corrected chi connectivity index (χ4v) is 3.65. The first-order valence-corrected chi connectivity index (χ1v) is 8.03. The van der Waals surface area contributed by atoms with Gasteiger partial charge in [-0.05, 0) is 49.3 Å². The van der Waals surface area contributed by atoms with Crippen LogP contribution in [0.25, 0.3) is 11.0 Å². The normalized spacial score (nSPS) is 16.7. The third-order valence-corrected chi connectivity index (χ3v) is 4.69. The second-order valence-electron chi connectivity index (χ2n) is 5.08. The summed E-state index contributed by atoms with van der Waals surface area (Å²) in [6, 6.07) is 8.04. The molecule has 3 rings (SSSR count). The minimum absolute atomic E-state index is 0.786. The number of hydrogen-bond acceptors (Lipinski definition) is 4. The van der Waals surface area contributed by atoms with Crippen LogP contribution < -0.4 is 5.32 Å². The minimum atomic E-state index is 0.786. The van der Waals surface area contributed by atoms with Gasteiger partial charge in [-0.1, -0.05) is 12.1 Å². The van der Waals surface area contributed by atoms with Gasteiger partial charge in [-0.15, -0.1) is 0 Å². The summed E-state index contributed by atoms with van der Waals surface area (Å²) in [5.74, 6) is 4.33. The Kier molecular flexibility index (Phi) is 3.87. The Morgan fingerprint density at radius 2 is 1.84 bits per heavy atom. The summed E-state index contributed by atoms with van der Waals surface area (Å²) < 4.78 is 0. The molecule has 1 aliphatic heterocycles. The summed E-state index contributed by atoms with van der Waals surface area (Å²) in [7, 11) is 0. The number of fused-ring (bicyclic) bond motifs is 1. The van der Waals surface area contributed by atoms with Gasteiger partial charge in [-0.3, -0.25) is 0 Å². The van der Waals surface area contributed by atoms with E-state index in [1.165, 1.54) is 24.3 Å². The third-order valence-electron chi connectivity index (χ3n) is 3.64. The fraction of sp³-hybridized carbons (Fsp3) is 0.467. The fourth-order valence-electron chi connectivity index (χ4n) is 2.45. The van der Waals surface area contributed by atoms with Gasteiger partial charge >= 0.3 is 0 Å². The Morgan fingerprint density at radius 3 is 2.58 bits per heavy atom. The van der Waals surface area contributed by atoms with Gasteiger partial charge in [-0.2, -0.15) is 11.8 Å². The number of aryl methyl sites for hydroxylation is 1. The lowest BCUT2D eigenvalue weighted by molar-refractivity contribution is 0.515. The first-order valence-electron chi connectivity index (χ1n) is 6.88. The summed E-state index contributed by atoms with van der Waals surface area (Å²) in [5, 5.41) is 3.49. The zero-order chi connectivity index (χ0) is 13.1. The van der Waals surface area contributed by atoms with Crippen molar-refractivity contribution < 1.29 is 0 Å². The van der Waals surface area contributed by atoms with Gasteiger partial charge in [0.25, 0.3) is 0 Å². The van der Waals surface area contributed by atoms with Gasteiger partial charge in [0.15, 0.2) is 0 Å². The van der Waals surface area contributed by atoms with Crippen LogP contribution in [-0.4, -0.2) is 28.0 Å². The summed E-state index contributed by atoms with van der Waals surface area (Å²) in [5.41, 5.74) is 2.93. The molecule has 3 nitrogen and oxygen atoms in total. The predicted octanol–water partition coefficient (Wildman–Crippen LogP) is 3.49. The molecular weight excluding hydrogens is 254 g/mol. The number of benzene rings is 1. The highest BCUT2D eigenvalue weighted by molar-refractivity contribution is 7.99. The summed E-state index contributed by atoms with van der Waals surface area (Å²) in [6.45, 7) is 3.05. The van der Waals surface area contributed by atoms with E-state index in [1.54, 1.807) is 0 Å². The lowest BCUT2D eigenvalue weighted by Crippen LogP contribution is -2.20. The molecule has 2 aromatic rings. The molecule has 1 aromatic heterocycles. The number of para-hydroxylation sites is 2. The van der Waals surface area contributed by atoms with Crippen molar-refractivity contribution in [1.29, 1.82) is 0 Å². The monoisotopic (exact) mass is 273 g/mol. The molecule has 19 heavy (non-hydrogen) atoms. The van der Waals surface area contributed by atoms with Gasteiger partial charge in [-0.25, -0.2) is 9.97 Å². The minimum Gasteiger partial charge on any atom is -0.368 e. The largest absolute Gasteiger partial charge is 0.368 e. The quantitative estimate of drug-likeness (QED) is 0.929. The van der Waals surface area contributed by atoms with E-state index in [9.17, 15) is 0 Å². The van der Waals surface area contributed by atoms with E-state index in [0.29, 0.717) is 0 Å². The topological polar surface area (TPSA) is 37.8 Å². The van der Waals surface area contributed by atoms with Gasteiger partial charge in [0.2, 0.25) is 0 Å². The number of hydrogen-bond donors (Lipinski definition) is 1. The molecule has 0 aliphatic carbocycles.